The van der Waals surface area contributed by atoms with Crippen LogP contribution in [0.1, 0.15) is 47.8 Å². The molecule has 28 heavy (non-hydrogen) atoms. The molecule has 0 atom stereocenters. The number of aryl methyl sites for hydroxylation is 2. The summed E-state index contributed by atoms with van der Waals surface area (Å²) in [6.45, 7) is 10.1. The van der Waals surface area contributed by atoms with Crippen LogP contribution in [0.4, 0.5) is 0 Å². The first-order chi connectivity index (χ1) is 13.1. The van der Waals surface area contributed by atoms with Crippen molar-refractivity contribution >= 4 is 34.4 Å². The summed E-state index contributed by atoms with van der Waals surface area (Å²) in [6.07, 6.45) is 3.34. The highest BCUT2D eigenvalue weighted by molar-refractivity contribution is 6.34. The zero-order chi connectivity index (χ0) is 20.5. The minimum atomic E-state index is -0.261. The molecule has 3 nitrogen and oxygen atoms in total. The Bertz CT molecular complexity index is 1050. The molecule has 0 spiro atoms. The molecule has 2 aromatic carbocycles. The number of aromatic nitrogens is 1. The lowest BCUT2D eigenvalue weighted by atomic mass is 10.0. The number of fused-ring (bicyclic) bond motifs is 1. The number of hydrogen-bond acceptors (Lipinski definition) is 3. The highest BCUT2D eigenvalue weighted by Gasteiger charge is 2.16. The second-order valence-electron chi connectivity index (χ2n) is 7.92. The van der Waals surface area contributed by atoms with Crippen molar-refractivity contribution in [2.75, 3.05) is 0 Å². The molecule has 0 fully saturated rings. The number of nitrogens with zero attached hydrogens (tertiary/aromatic N) is 1. The Morgan fingerprint density at radius 3 is 2.36 bits per heavy atom. The molecule has 4 heteroatoms. The van der Waals surface area contributed by atoms with E-state index in [1.54, 1.807) is 12.1 Å². The third-order valence-corrected chi connectivity index (χ3v) is 4.55. The van der Waals surface area contributed by atoms with Crippen molar-refractivity contribution in [2.24, 2.45) is 0 Å². The molecule has 1 heterocycles. The number of carbonyl (C=O) groups is 1. The van der Waals surface area contributed by atoms with Gasteiger partial charge in [0, 0.05) is 5.39 Å². The van der Waals surface area contributed by atoms with Crippen molar-refractivity contribution in [1.82, 2.24) is 4.98 Å². The molecular formula is C24H24ClNO2. The summed E-state index contributed by atoms with van der Waals surface area (Å²) in [7, 11) is 0. The first-order valence-corrected chi connectivity index (χ1v) is 9.60. The van der Waals surface area contributed by atoms with E-state index in [9.17, 15) is 4.79 Å². The average molecular weight is 394 g/mol. The molecule has 0 amide bonds. The third kappa shape index (κ3) is 4.60. The topological polar surface area (TPSA) is 39.2 Å². The van der Waals surface area contributed by atoms with Gasteiger partial charge in [0.05, 0.1) is 11.1 Å². The van der Waals surface area contributed by atoms with Gasteiger partial charge in [-0.25, -0.2) is 4.98 Å². The highest BCUT2D eigenvalue weighted by Crippen LogP contribution is 2.29. The lowest BCUT2D eigenvalue weighted by Crippen LogP contribution is -2.24. The third-order valence-electron chi connectivity index (χ3n) is 4.26. The molecule has 0 bridgehead atoms. The second kappa shape index (κ2) is 7.76. The molecule has 0 N–H and O–H groups in total. The van der Waals surface area contributed by atoms with E-state index >= 15 is 0 Å². The van der Waals surface area contributed by atoms with Crippen LogP contribution in [0.15, 0.2) is 48.5 Å². The Morgan fingerprint density at radius 1 is 1.07 bits per heavy atom. The van der Waals surface area contributed by atoms with E-state index in [1.807, 2.05) is 71.0 Å². The van der Waals surface area contributed by atoms with Gasteiger partial charge in [0.1, 0.15) is 16.5 Å². The van der Waals surface area contributed by atoms with Crippen LogP contribution in [0.2, 0.25) is 5.15 Å². The summed E-state index contributed by atoms with van der Waals surface area (Å²) in [5, 5.41) is 1.11. The van der Waals surface area contributed by atoms with Crippen LogP contribution in [-0.2, 0) is 0 Å². The summed E-state index contributed by atoms with van der Waals surface area (Å²) < 4.78 is 6.05. The van der Waals surface area contributed by atoms with Gasteiger partial charge in [-0.3, -0.25) is 4.79 Å². The highest BCUT2D eigenvalue weighted by atomic mass is 35.5. The number of allylic oxidation sites excluding steroid dienone is 1. The van der Waals surface area contributed by atoms with Gasteiger partial charge in [0.2, 0.25) is 0 Å². The van der Waals surface area contributed by atoms with Crippen molar-refractivity contribution in [3.05, 3.63) is 75.9 Å². The number of benzene rings is 2. The zero-order valence-electron chi connectivity index (χ0n) is 16.8. The molecular weight excluding hydrogens is 370 g/mol. The zero-order valence-corrected chi connectivity index (χ0v) is 17.6. The smallest absolute Gasteiger partial charge is 0.188 e. The van der Waals surface area contributed by atoms with Gasteiger partial charge in [-0.05, 0) is 81.7 Å². The summed E-state index contributed by atoms with van der Waals surface area (Å²) in [5.41, 5.74) is 3.92. The Balaban J connectivity index is 1.88. The number of halogens is 1. The van der Waals surface area contributed by atoms with Gasteiger partial charge in [-0.2, -0.15) is 0 Å². The molecule has 0 aliphatic heterocycles. The fourth-order valence-corrected chi connectivity index (χ4v) is 3.31. The van der Waals surface area contributed by atoms with E-state index in [1.165, 1.54) is 6.08 Å². The van der Waals surface area contributed by atoms with E-state index in [4.69, 9.17) is 16.3 Å². The molecule has 0 saturated heterocycles. The first kappa shape index (κ1) is 20.1. The number of rotatable bonds is 4. The average Bonchev–Trinajstić information content (AvgIpc) is 2.61. The lowest BCUT2D eigenvalue weighted by molar-refractivity contribution is 0.104. The Morgan fingerprint density at radius 2 is 1.71 bits per heavy atom. The van der Waals surface area contributed by atoms with Crippen LogP contribution in [0.5, 0.6) is 5.75 Å². The van der Waals surface area contributed by atoms with Crippen LogP contribution in [-0.4, -0.2) is 16.4 Å². The Kier molecular flexibility index (Phi) is 5.57. The van der Waals surface area contributed by atoms with E-state index in [0.29, 0.717) is 5.56 Å². The van der Waals surface area contributed by atoms with E-state index < -0.39 is 0 Å². The van der Waals surface area contributed by atoms with Crippen LogP contribution < -0.4 is 4.74 Å². The van der Waals surface area contributed by atoms with Crippen LogP contribution in [0.25, 0.3) is 17.0 Å². The number of pyridine rings is 1. The van der Waals surface area contributed by atoms with Crippen molar-refractivity contribution in [1.29, 1.82) is 0 Å². The molecule has 3 aromatic rings. The van der Waals surface area contributed by atoms with Crippen molar-refractivity contribution < 1.29 is 9.53 Å². The van der Waals surface area contributed by atoms with Crippen molar-refractivity contribution in [3.63, 3.8) is 0 Å². The van der Waals surface area contributed by atoms with Gasteiger partial charge >= 0.3 is 0 Å². The van der Waals surface area contributed by atoms with Crippen LogP contribution in [0.3, 0.4) is 0 Å². The second-order valence-corrected chi connectivity index (χ2v) is 8.27. The Labute approximate surface area is 171 Å². The van der Waals surface area contributed by atoms with E-state index in [0.717, 1.165) is 33.3 Å². The molecule has 0 aliphatic rings. The molecule has 0 radical (unpaired) electrons. The quantitative estimate of drug-likeness (QED) is 0.285. The first-order valence-electron chi connectivity index (χ1n) is 9.22. The summed E-state index contributed by atoms with van der Waals surface area (Å²) >= 11 is 6.23. The van der Waals surface area contributed by atoms with Gasteiger partial charge < -0.3 is 4.74 Å². The van der Waals surface area contributed by atoms with Crippen LogP contribution in [0, 0.1) is 13.8 Å². The summed E-state index contributed by atoms with van der Waals surface area (Å²) in [5.74, 6) is 0.714. The summed E-state index contributed by atoms with van der Waals surface area (Å²) in [4.78, 5) is 17.0. The van der Waals surface area contributed by atoms with Gasteiger partial charge in [-0.1, -0.05) is 35.9 Å². The lowest BCUT2D eigenvalue weighted by Gasteiger charge is -2.24. The fraction of sp³-hybridized carbons (Fsp3) is 0.250. The number of hydrogen-bond donors (Lipinski definition) is 0. The van der Waals surface area contributed by atoms with Crippen molar-refractivity contribution in [3.8, 4) is 5.75 Å². The predicted octanol–water partition coefficient (Wildman–Crippen LogP) is 6.58. The normalized spacial score (nSPS) is 11.9. The molecule has 0 aliphatic carbocycles. The maximum Gasteiger partial charge on any atom is 0.188 e. The largest absolute Gasteiger partial charge is 0.488 e. The van der Waals surface area contributed by atoms with Crippen molar-refractivity contribution in [2.45, 2.75) is 40.2 Å². The molecule has 3 rings (SSSR count). The standard InChI is InChI=1S/C24H24ClNO2/c1-15-12-17(13-16(2)22(15)28-24(3,4)5)10-11-21(27)19-14-18-8-6-7-9-20(18)26-23(19)25/h6-14H,1-5H3/b11-10+. The predicted molar refractivity (Wildman–Crippen MR) is 116 cm³/mol. The minimum absolute atomic E-state index is 0.173. The van der Waals surface area contributed by atoms with Gasteiger partial charge in [-0.15, -0.1) is 0 Å². The molecule has 1 aromatic heterocycles. The number of para-hydroxylation sites is 1. The Hall–Kier alpha value is -2.65. The molecule has 0 saturated carbocycles. The molecule has 0 unspecified atom stereocenters. The minimum Gasteiger partial charge on any atom is -0.488 e. The summed E-state index contributed by atoms with van der Waals surface area (Å²) in [6, 6.07) is 13.4. The fourth-order valence-electron chi connectivity index (χ4n) is 3.07. The number of ketones is 1. The monoisotopic (exact) mass is 393 g/mol. The molecule has 144 valence electrons. The number of ether oxygens (including phenoxy) is 1. The maximum atomic E-state index is 12.7. The number of carbonyl (C=O) groups excluding carboxylic acids is 1. The van der Waals surface area contributed by atoms with E-state index in [2.05, 4.69) is 4.98 Å². The van der Waals surface area contributed by atoms with E-state index in [-0.39, 0.29) is 16.5 Å². The maximum absolute atomic E-state index is 12.7. The SMILES string of the molecule is Cc1cc(/C=C/C(=O)c2cc3ccccc3nc2Cl)cc(C)c1OC(C)(C)C. The van der Waals surface area contributed by atoms with Crippen LogP contribution >= 0.6 is 11.6 Å². The van der Waals surface area contributed by atoms with Gasteiger partial charge in [0.15, 0.2) is 5.78 Å². The van der Waals surface area contributed by atoms with Gasteiger partial charge in [0.25, 0.3) is 0 Å².